The first-order valence-electron chi connectivity index (χ1n) is 13.3. The standard InChI is InChI=1S/C30H35Cl2N3O6S/c1-6-26(30(37)33-20(2)3)34(18-23-24(31)13-10-14-25(23)32)29(36)19-35(21-11-8-7-9-12-21)42(38,39)22-15-16-27(40-4)28(17-22)41-5/h7-17,20,26H,6,18-19H2,1-5H3,(H,33,37). The Morgan fingerprint density at radius 1 is 0.905 bits per heavy atom. The van der Waals surface area contributed by atoms with Gasteiger partial charge in [-0.3, -0.25) is 13.9 Å². The van der Waals surface area contributed by atoms with Crippen LogP contribution in [-0.2, 0) is 26.2 Å². The van der Waals surface area contributed by atoms with Crippen molar-refractivity contribution in [2.45, 2.75) is 50.7 Å². The number of sulfonamides is 1. The van der Waals surface area contributed by atoms with Crippen LogP contribution in [0.3, 0.4) is 0 Å². The van der Waals surface area contributed by atoms with Crippen LogP contribution in [0.2, 0.25) is 10.0 Å². The van der Waals surface area contributed by atoms with Gasteiger partial charge in [-0.1, -0.05) is 54.4 Å². The maximum absolute atomic E-state index is 14.2. The van der Waals surface area contributed by atoms with Gasteiger partial charge in [-0.25, -0.2) is 8.42 Å². The first-order chi connectivity index (χ1) is 19.9. The maximum atomic E-state index is 14.2. The number of para-hydroxylation sites is 1. The molecule has 0 spiro atoms. The van der Waals surface area contributed by atoms with Crippen molar-refractivity contribution in [3.63, 3.8) is 0 Å². The second kappa shape index (κ2) is 14.6. The monoisotopic (exact) mass is 635 g/mol. The molecule has 0 radical (unpaired) electrons. The van der Waals surface area contributed by atoms with E-state index in [9.17, 15) is 18.0 Å². The molecule has 2 amide bonds. The van der Waals surface area contributed by atoms with Gasteiger partial charge in [-0.2, -0.15) is 0 Å². The number of benzene rings is 3. The van der Waals surface area contributed by atoms with Gasteiger partial charge in [0.05, 0.1) is 24.8 Å². The van der Waals surface area contributed by atoms with Gasteiger partial charge >= 0.3 is 0 Å². The van der Waals surface area contributed by atoms with Crippen LogP contribution in [0.4, 0.5) is 5.69 Å². The fourth-order valence-corrected chi connectivity index (χ4v) is 6.33. The Labute approximate surface area is 257 Å². The molecule has 1 N–H and O–H groups in total. The molecule has 42 heavy (non-hydrogen) atoms. The average molecular weight is 637 g/mol. The Morgan fingerprint density at radius 3 is 2.07 bits per heavy atom. The van der Waals surface area contributed by atoms with Crippen molar-refractivity contribution in [2.24, 2.45) is 0 Å². The fraction of sp³-hybridized carbons (Fsp3) is 0.333. The third kappa shape index (κ3) is 7.67. The normalized spacial score (nSPS) is 12.0. The third-order valence-corrected chi connectivity index (χ3v) is 8.95. The minimum Gasteiger partial charge on any atom is -0.493 e. The third-order valence-electron chi connectivity index (χ3n) is 6.47. The van der Waals surface area contributed by atoms with Crippen molar-refractivity contribution in [2.75, 3.05) is 25.1 Å². The van der Waals surface area contributed by atoms with E-state index < -0.39 is 28.5 Å². The summed E-state index contributed by atoms with van der Waals surface area (Å²) in [6.45, 7) is 4.69. The lowest BCUT2D eigenvalue weighted by molar-refractivity contribution is -0.140. The Morgan fingerprint density at radius 2 is 1.52 bits per heavy atom. The Hall–Kier alpha value is -3.47. The van der Waals surface area contributed by atoms with Gasteiger partial charge in [0.1, 0.15) is 12.6 Å². The van der Waals surface area contributed by atoms with Crippen LogP contribution < -0.4 is 19.1 Å². The molecule has 0 heterocycles. The molecule has 0 aliphatic rings. The number of anilines is 1. The van der Waals surface area contributed by atoms with E-state index in [1.807, 2.05) is 13.8 Å². The summed E-state index contributed by atoms with van der Waals surface area (Å²) in [5, 5.41) is 3.49. The summed E-state index contributed by atoms with van der Waals surface area (Å²) in [7, 11) is -1.46. The zero-order chi connectivity index (χ0) is 31.0. The van der Waals surface area contributed by atoms with Crippen molar-refractivity contribution in [1.29, 1.82) is 0 Å². The summed E-state index contributed by atoms with van der Waals surface area (Å²) >= 11 is 12.9. The van der Waals surface area contributed by atoms with Crippen LogP contribution in [0.25, 0.3) is 0 Å². The maximum Gasteiger partial charge on any atom is 0.264 e. The van der Waals surface area contributed by atoms with Gasteiger partial charge in [-0.15, -0.1) is 0 Å². The van der Waals surface area contributed by atoms with Crippen LogP contribution in [0.1, 0.15) is 32.8 Å². The van der Waals surface area contributed by atoms with Crippen LogP contribution >= 0.6 is 23.2 Å². The number of carbonyl (C=O) groups excluding carboxylic acids is 2. The molecule has 1 atom stereocenters. The van der Waals surface area contributed by atoms with E-state index in [0.717, 1.165) is 4.31 Å². The predicted octanol–water partition coefficient (Wildman–Crippen LogP) is 5.54. The van der Waals surface area contributed by atoms with Crippen LogP contribution in [0.15, 0.2) is 71.6 Å². The van der Waals surface area contributed by atoms with Crippen LogP contribution in [0.5, 0.6) is 11.5 Å². The topological polar surface area (TPSA) is 105 Å². The molecule has 226 valence electrons. The molecule has 3 aromatic rings. The van der Waals surface area contributed by atoms with E-state index in [2.05, 4.69) is 5.32 Å². The molecule has 9 nitrogen and oxygen atoms in total. The molecule has 0 saturated heterocycles. The molecule has 0 saturated carbocycles. The molecule has 12 heteroatoms. The molecule has 3 aromatic carbocycles. The number of amides is 2. The SMILES string of the molecule is CCC(C(=O)NC(C)C)N(Cc1c(Cl)cccc1Cl)C(=O)CN(c1ccccc1)S(=O)(=O)c1ccc(OC)c(OC)c1. The molecule has 0 fully saturated rings. The van der Waals surface area contributed by atoms with E-state index in [-0.39, 0.29) is 41.2 Å². The van der Waals surface area contributed by atoms with E-state index in [0.29, 0.717) is 21.4 Å². The van der Waals surface area contributed by atoms with Crippen LogP contribution in [-0.4, -0.2) is 58.0 Å². The first kappa shape index (κ1) is 33.0. The molecule has 0 aromatic heterocycles. The van der Waals surface area contributed by atoms with E-state index in [1.54, 1.807) is 55.5 Å². The molecule has 0 aliphatic heterocycles. The van der Waals surface area contributed by atoms with Gasteiger partial charge in [-0.05, 0) is 56.7 Å². The van der Waals surface area contributed by atoms with E-state index in [1.165, 1.54) is 37.3 Å². The van der Waals surface area contributed by atoms with Crippen molar-refractivity contribution < 1.29 is 27.5 Å². The Balaban J connectivity index is 2.11. The zero-order valence-electron chi connectivity index (χ0n) is 24.1. The number of nitrogens with one attached hydrogen (secondary N) is 1. The van der Waals surface area contributed by atoms with Crippen molar-refractivity contribution in [1.82, 2.24) is 10.2 Å². The molecular weight excluding hydrogens is 601 g/mol. The quantitative estimate of drug-likeness (QED) is 0.264. The number of methoxy groups -OCH3 is 2. The highest BCUT2D eigenvalue weighted by atomic mass is 35.5. The molecule has 1 unspecified atom stereocenters. The summed E-state index contributed by atoms with van der Waals surface area (Å²) in [6, 6.07) is 16.3. The minimum absolute atomic E-state index is 0.109. The van der Waals surface area contributed by atoms with Gasteiger partial charge < -0.3 is 19.7 Å². The number of rotatable bonds is 13. The zero-order valence-corrected chi connectivity index (χ0v) is 26.5. The van der Waals surface area contributed by atoms with Crippen molar-refractivity contribution >= 4 is 50.7 Å². The highest BCUT2D eigenvalue weighted by molar-refractivity contribution is 7.92. The summed E-state index contributed by atoms with van der Waals surface area (Å²) < 4.78 is 39.7. The summed E-state index contributed by atoms with van der Waals surface area (Å²) in [5.74, 6) is -0.435. The average Bonchev–Trinajstić information content (AvgIpc) is 2.96. The molecular formula is C30H35Cl2N3O6S. The number of hydrogen-bond acceptors (Lipinski definition) is 6. The smallest absolute Gasteiger partial charge is 0.264 e. The molecule has 0 bridgehead atoms. The molecule has 3 rings (SSSR count). The second-order valence-electron chi connectivity index (χ2n) is 9.67. The van der Waals surface area contributed by atoms with Crippen LogP contribution in [0, 0.1) is 0 Å². The van der Waals surface area contributed by atoms with E-state index >= 15 is 0 Å². The van der Waals surface area contributed by atoms with Gasteiger partial charge in [0.2, 0.25) is 11.8 Å². The predicted molar refractivity (Wildman–Crippen MR) is 165 cm³/mol. The number of nitrogens with zero attached hydrogens (tertiary/aromatic N) is 2. The van der Waals surface area contributed by atoms with Gasteiger partial charge in [0, 0.05) is 34.3 Å². The number of ether oxygens (including phenoxy) is 2. The lowest BCUT2D eigenvalue weighted by Crippen LogP contribution is -2.53. The van der Waals surface area contributed by atoms with Gasteiger partial charge in [0.25, 0.3) is 10.0 Å². The second-order valence-corrected chi connectivity index (χ2v) is 12.3. The van der Waals surface area contributed by atoms with Crippen molar-refractivity contribution in [3.8, 4) is 11.5 Å². The van der Waals surface area contributed by atoms with Gasteiger partial charge in [0.15, 0.2) is 11.5 Å². The number of hydrogen-bond donors (Lipinski definition) is 1. The lowest BCUT2D eigenvalue weighted by atomic mass is 10.1. The molecule has 0 aliphatic carbocycles. The summed E-state index contributed by atoms with van der Waals surface area (Å²) in [5.41, 5.74) is 0.704. The van der Waals surface area contributed by atoms with Crippen molar-refractivity contribution in [3.05, 3.63) is 82.3 Å². The number of halogens is 2. The minimum atomic E-state index is -4.30. The largest absolute Gasteiger partial charge is 0.493 e. The highest BCUT2D eigenvalue weighted by Crippen LogP contribution is 2.33. The first-order valence-corrected chi connectivity index (χ1v) is 15.5. The number of carbonyl (C=O) groups is 2. The Kier molecular flexibility index (Phi) is 11.5. The van der Waals surface area contributed by atoms with E-state index in [4.69, 9.17) is 32.7 Å². The lowest BCUT2D eigenvalue weighted by Gasteiger charge is -2.34. The summed E-state index contributed by atoms with van der Waals surface area (Å²) in [6.07, 6.45) is 0.264. The fourth-order valence-electron chi connectivity index (χ4n) is 4.38. The summed E-state index contributed by atoms with van der Waals surface area (Å²) in [4.78, 5) is 28.6. The Bertz CT molecular complexity index is 1480. The highest BCUT2D eigenvalue weighted by Gasteiger charge is 2.34.